The highest BCUT2D eigenvalue weighted by molar-refractivity contribution is 6.89. The summed E-state index contributed by atoms with van der Waals surface area (Å²) in [5.41, 5.74) is 4.81. The van der Waals surface area contributed by atoms with E-state index in [1.807, 2.05) is 0 Å². The Morgan fingerprint density at radius 3 is 2.25 bits per heavy atom. The van der Waals surface area contributed by atoms with Crippen LogP contribution in [0.4, 0.5) is 0 Å². The molecule has 0 aliphatic rings. The maximum Gasteiger partial charge on any atom is 0.140 e. The van der Waals surface area contributed by atoms with Gasteiger partial charge in [-0.2, -0.15) is 0 Å². The smallest absolute Gasteiger partial charge is 0.140 e. The number of hydrogen-bond donors (Lipinski definition) is 0. The molecule has 0 fully saturated rings. The van der Waals surface area contributed by atoms with Gasteiger partial charge in [-0.25, -0.2) is 4.98 Å². The second kappa shape index (κ2) is 5.31. The first-order valence-electron chi connectivity index (χ1n) is 8.41. The van der Waals surface area contributed by atoms with Crippen molar-refractivity contribution in [2.45, 2.75) is 19.6 Å². The van der Waals surface area contributed by atoms with Gasteiger partial charge < -0.3 is 4.57 Å². The van der Waals surface area contributed by atoms with E-state index in [9.17, 15) is 0 Å². The number of benzene rings is 2. The molecule has 2 aromatic heterocycles. The second-order valence-electron chi connectivity index (χ2n) is 7.45. The van der Waals surface area contributed by atoms with Gasteiger partial charge in [0.15, 0.2) is 0 Å². The minimum absolute atomic E-state index is 1.06. The zero-order chi connectivity index (χ0) is 16.9. The van der Waals surface area contributed by atoms with E-state index in [0.717, 1.165) is 11.2 Å². The van der Waals surface area contributed by atoms with Crippen molar-refractivity contribution in [1.82, 2.24) is 9.55 Å². The number of rotatable bonds is 2. The summed E-state index contributed by atoms with van der Waals surface area (Å²) in [7, 11) is 0.630. The van der Waals surface area contributed by atoms with E-state index >= 15 is 0 Å². The van der Waals surface area contributed by atoms with Gasteiger partial charge in [0, 0.05) is 28.7 Å². The van der Waals surface area contributed by atoms with Gasteiger partial charge >= 0.3 is 0 Å². The highest BCUT2D eigenvalue weighted by atomic mass is 28.3. The Hall–Kier alpha value is -2.39. The van der Waals surface area contributed by atoms with Crippen molar-refractivity contribution in [3.05, 3.63) is 60.7 Å². The van der Waals surface area contributed by atoms with E-state index in [0.29, 0.717) is 0 Å². The van der Waals surface area contributed by atoms with Crippen molar-refractivity contribution in [2.24, 2.45) is 7.05 Å². The van der Waals surface area contributed by atoms with Crippen LogP contribution in [0.2, 0.25) is 19.6 Å². The average Bonchev–Trinajstić information content (AvgIpc) is 2.86. The van der Waals surface area contributed by atoms with Crippen molar-refractivity contribution < 1.29 is 0 Å². The molecule has 3 heteroatoms. The van der Waals surface area contributed by atoms with Crippen LogP contribution in [0.5, 0.6) is 0 Å². The highest BCUT2D eigenvalue weighted by Gasteiger charge is 2.28. The molecule has 0 radical (unpaired) electrons. The van der Waals surface area contributed by atoms with Gasteiger partial charge in [0.1, 0.15) is 5.65 Å². The molecular weight excluding hydrogens is 308 g/mol. The lowest BCUT2D eigenvalue weighted by Crippen LogP contribution is -2.43. The summed E-state index contributed by atoms with van der Waals surface area (Å²) in [5, 5.41) is 3.93. The van der Waals surface area contributed by atoms with Crippen LogP contribution >= 0.6 is 0 Å². The van der Waals surface area contributed by atoms with E-state index in [1.165, 1.54) is 27.2 Å². The third-order valence-electron chi connectivity index (χ3n) is 4.64. The zero-order valence-corrected chi connectivity index (χ0v) is 15.7. The van der Waals surface area contributed by atoms with Gasteiger partial charge in [-0.15, -0.1) is 0 Å². The van der Waals surface area contributed by atoms with Gasteiger partial charge in [0.25, 0.3) is 0 Å². The van der Waals surface area contributed by atoms with Crippen molar-refractivity contribution >= 4 is 35.3 Å². The topological polar surface area (TPSA) is 17.8 Å². The molecule has 0 unspecified atom stereocenters. The molecule has 0 spiro atoms. The molecule has 0 bridgehead atoms. The van der Waals surface area contributed by atoms with Gasteiger partial charge in [-0.3, -0.25) is 0 Å². The van der Waals surface area contributed by atoms with Crippen molar-refractivity contribution in [1.29, 1.82) is 0 Å². The lowest BCUT2D eigenvalue weighted by Gasteiger charge is -2.20. The van der Waals surface area contributed by atoms with Crippen molar-refractivity contribution in [3.8, 4) is 11.1 Å². The quantitative estimate of drug-likeness (QED) is 0.476. The lowest BCUT2D eigenvalue weighted by atomic mass is 10.0. The zero-order valence-electron chi connectivity index (χ0n) is 14.7. The lowest BCUT2D eigenvalue weighted by molar-refractivity contribution is 0.977. The number of para-hydroxylation sites is 1. The number of fused-ring (bicyclic) bond motifs is 2. The molecule has 0 amide bonds. The largest absolute Gasteiger partial charge is 0.336 e. The standard InChI is InChI=1S/C21H22N2Si/c1-23-20-17(14-16-12-8-9-13-18(16)22-20)19(21(23)24(2,3)4)15-10-6-5-7-11-15/h5-14H,1-4H3. The Bertz CT molecular complexity index is 1040. The van der Waals surface area contributed by atoms with Crippen LogP contribution in [-0.4, -0.2) is 17.6 Å². The average molecular weight is 331 g/mol. The monoisotopic (exact) mass is 330 g/mol. The molecule has 0 aliphatic heterocycles. The van der Waals surface area contributed by atoms with Crippen LogP contribution in [0, 0.1) is 0 Å². The summed E-state index contributed by atoms with van der Waals surface area (Å²) in [5.74, 6) is 0. The molecule has 0 atom stereocenters. The molecular formula is C21H22N2Si. The number of nitrogens with zero attached hydrogens (tertiary/aromatic N) is 2. The number of hydrogen-bond acceptors (Lipinski definition) is 1. The summed E-state index contributed by atoms with van der Waals surface area (Å²) >= 11 is 0. The first-order valence-corrected chi connectivity index (χ1v) is 11.9. The number of aryl methyl sites for hydroxylation is 1. The molecule has 0 saturated carbocycles. The third-order valence-corrected chi connectivity index (χ3v) is 6.64. The summed E-state index contributed by atoms with van der Waals surface area (Å²) in [6.45, 7) is 7.23. The molecule has 0 saturated heterocycles. The fraction of sp³-hybridized carbons (Fsp3) is 0.190. The van der Waals surface area contributed by atoms with E-state index in [-0.39, 0.29) is 0 Å². The highest BCUT2D eigenvalue weighted by Crippen LogP contribution is 2.32. The summed E-state index contributed by atoms with van der Waals surface area (Å²) in [6, 6.07) is 21.5. The molecule has 0 N–H and O–H groups in total. The first-order chi connectivity index (χ1) is 11.5. The number of aromatic nitrogens is 2. The van der Waals surface area contributed by atoms with Crippen LogP contribution in [0.3, 0.4) is 0 Å². The predicted octanol–water partition coefficient (Wildman–Crippen LogP) is 4.94. The van der Waals surface area contributed by atoms with E-state index in [4.69, 9.17) is 4.98 Å². The third kappa shape index (κ3) is 2.28. The molecule has 4 aromatic rings. The molecule has 2 aromatic carbocycles. The second-order valence-corrected chi connectivity index (χ2v) is 12.4. The Morgan fingerprint density at radius 1 is 0.875 bits per heavy atom. The van der Waals surface area contributed by atoms with Gasteiger partial charge in [-0.05, 0) is 17.7 Å². The molecule has 120 valence electrons. The number of pyridine rings is 1. The Kier molecular flexibility index (Phi) is 3.36. The minimum atomic E-state index is -1.54. The minimum Gasteiger partial charge on any atom is -0.336 e. The van der Waals surface area contributed by atoms with Crippen molar-refractivity contribution in [3.63, 3.8) is 0 Å². The van der Waals surface area contributed by atoms with Gasteiger partial charge in [0.2, 0.25) is 0 Å². The van der Waals surface area contributed by atoms with Gasteiger partial charge in [0.05, 0.1) is 13.6 Å². The maximum absolute atomic E-state index is 4.98. The fourth-order valence-electron chi connectivity index (χ4n) is 3.72. The summed E-state index contributed by atoms with van der Waals surface area (Å²) in [4.78, 5) is 4.98. The normalized spacial score (nSPS) is 12.2. The van der Waals surface area contributed by atoms with Gasteiger partial charge in [-0.1, -0.05) is 68.2 Å². The van der Waals surface area contributed by atoms with E-state index in [1.54, 1.807) is 0 Å². The fourth-order valence-corrected chi connectivity index (χ4v) is 5.86. The Morgan fingerprint density at radius 2 is 1.54 bits per heavy atom. The van der Waals surface area contributed by atoms with Crippen LogP contribution in [0.1, 0.15) is 0 Å². The Balaban J connectivity index is 2.20. The van der Waals surface area contributed by atoms with Crippen LogP contribution in [0.15, 0.2) is 60.7 Å². The Labute approximate surface area is 143 Å². The van der Waals surface area contributed by atoms with Crippen LogP contribution in [0.25, 0.3) is 33.1 Å². The van der Waals surface area contributed by atoms with E-state index in [2.05, 4.69) is 91.9 Å². The first kappa shape index (κ1) is 15.2. The molecule has 2 heterocycles. The predicted molar refractivity (Wildman–Crippen MR) is 107 cm³/mol. The molecule has 0 aliphatic carbocycles. The maximum atomic E-state index is 4.98. The van der Waals surface area contributed by atoms with Crippen LogP contribution in [-0.2, 0) is 7.05 Å². The summed E-state index contributed by atoms with van der Waals surface area (Å²) in [6.07, 6.45) is 0. The molecule has 4 rings (SSSR count). The SMILES string of the molecule is Cn1c([Si](C)(C)C)c(-c2ccccc2)c2cc3ccccc3nc21. The van der Waals surface area contributed by atoms with E-state index < -0.39 is 8.07 Å². The summed E-state index contributed by atoms with van der Waals surface area (Å²) < 4.78 is 2.33. The van der Waals surface area contributed by atoms with Crippen molar-refractivity contribution in [2.75, 3.05) is 0 Å². The molecule has 2 nitrogen and oxygen atoms in total. The molecule has 24 heavy (non-hydrogen) atoms. The van der Waals surface area contributed by atoms with Crippen LogP contribution < -0.4 is 5.32 Å².